The molecular weight excluding hydrogens is 206 g/mol. The zero-order chi connectivity index (χ0) is 11.3. The van der Waals surface area contributed by atoms with E-state index in [0.29, 0.717) is 0 Å². The fourth-order valence-electron chi connectivity index (χ4n) is 1.31. The first-order valence-corrected chi connectivity index (χ1v) is 5.94. The molecule has 1 N–H and O–H groups in total. The summed E-state index contributed by atoms with van der Waals surface area (Å²) in [5, 5.41) is 3.31. The highest BCUT2D eigenvalue weighted by Crippen LogP contribution is 2.16. The predicted molar refractivity (Wildman–Crippen MR) is 67.6 cm³/mol. The molecule has 0 saturated carbocycles. The lowest BCUT2D eigenvalue weighted by Gasteiger charge is -2.16. The van der Waals surface area contributed by atoms with Crippen LogP contribution in [0.1, 0.15) is 16.7 Å². The van der Waals surface area contributed by atoms with Crippen LogP contribution in [0.15, 0.2) is 17.1 Å². The average Bonchev–Trinajstić information content (AvgIpc) is 2.66. The van der Waals surface area contributed by atoms with Crippen LogP contribution in [0.2, 0.25) is 0 Å². The van der Waals surface area contributed by atoms with E-state index in [9.17, 15) is 0 Å². The number of aliphatic imine (C=N–C) groups is 1. The van der Waals surface area contributed by atoms with E-state index in [2.05, 4.69) is 29.4 Å². The van der Waals surface area contributed by atoms with Crippen molar-refractivity contribution in [3.05, 3.63) is 21.9 Å². The molecule has 1 aromatic heterocycles. The van der Waals surface area contributed by atoms with E-state index in [1.54, 1.807) is 7.05 Å². The Labute approximate surface area is 95.8 Å². The number of rotatable bonds is 3. The van der Waals surface area contributed by atoms with Crippen molar-refractivity contribution in [2.75, 3.05) is 21.1 Å². The molecule has 0 atom stereocenters. The number of hydrogen-bond acceptors (Lipinski definition) is 2. The Bertz CT molecular complexity index is 328. The maximum Gasteiger partial charge on any atom is 0.193 e. The zero-order valence-electron chi connectivity index (χ0n) is 9.87. The summed E-state index contributed by atoms with van der Waals surface area (Å²) in [6, 6.07) is 4.37. The van der Waals surface area contributed by atoms with Gasteiger partial charge in [-0.25, -0.2) is 0 Å². The molecule has 15 heavy (non-hydrogen) atoms. The van der Waals surface area contributed by atoms with Crippen molar-refractivity contribution in [2.24, 2.45) is 4.99 Å². The van der Waals surface area contributed by atoms with Gasteiger partial charge in [-0.2, -0.15) is 0 Å². The van der Waals surface area contributed by atoms with Crippen molar-refractivity contribution in [1.29, 1.82) is 0 Å². The van der Waals surface area contributed by atoms with E-state index < -0.39 is 0 Å². The zero-order valence-corrected chi connectivity index (χ0v) is 10.7. The van der Waals surface area contributed by atoms with Gasteiger partial charge in [-0.15, -0.1) is 11.3 Å². The van der Waals surface area contributed by atoms with Crippen molar-refractivity contribution < 1.29 is 0 Å². The minimum absolute atomic E-state index is 0.857. The van der Waals surface area contributed by atoms with E-state index in [1.165, 1.54) is 9.75 Å². The van der Waals surface area contributed by atoms with Crippen LogP contribution in [0.5, 0.6) is 0 Å². The third-order valence-electron chi connectivity index (χ3n) is 2.12. The molecule has 0 amide bonds. The second-order valence-electron chi connectivity index (χ2n) is 3.52. The summed E-state index contributed by atoms with van der Waals surface area (Å²) in [4.78, 5) is 8.94. The van der Waals surface area contributed by atoms with Crippen LogP contribution in [-0.2, 0) is 13.0 Å². The van der Waals surface area contributed by atoms with Crippen LogP contribution in [0.4, 0.5) is 0 Å². The monoisotopic (exact) mass is 225 g/mol. The predicted octanol–water partition coefficient (Wildman–Crippen LogP) is 1.95. The minimum Gasteiger partial charge on any atom is -0.351 e. The van der Waals surface area contributed by atoms with Crippen molar-refractivity contribution in [2.45, 2.75) is 19.9 Å². The Balaban J connectivity index is 2.49. The molecule has 0 fully saturated rings. The molecule has 1 aromatic rings. The summed E-state index contributed by atoms with van der Waals surface area (Å²) in [7, 11) is 5.77. The van der Waals surface area contributed by atoms with Gasteiger partial charge in [0.25, 0.3) is 0 Å². The number of hydrogen-bond donors (Lipinski definition) is 1. The number of thiophene rings is 1. The lowest BCUT2D eigenvalue weighted by Crippen LogP contribution is -2.35. The molecule has 0 radical (unpaired) electrons. The SMILES string of the molecule is CCc1ccc(CNC(=NC)N(C)C)s1. The third kappa shape index (κ3) is 3.55. The molecule has 0 aliphatic heterocycles. The van der Waals surface area contributed by atoms with E-state index in [4.69, 9.17) is 0 Å². The van der Waals surface area contributed by atoms with Crippen LogP contribution in [0, 0.1) is 0 Å². The summed E-state index contributed by atoms with van der Waals surface area (Å²) in [6.07, 6.45) is 1.12. The Morgan fingerprint density at radius 1 is 1.40 bits per heavy atom. The van der Waals surface area contributed by atoms with Gasteiger partial charge in [-0.05, 0) is 18.6 Å². The van der Waals surface area contributed by atoms with Crippen molar-refractivity contribution in [1.82, 2.24) is 10.2 Å². The van der Waals surface area contributed by atoms with Gasteiger partial charge in [0.15, 0.2) is 5.96 Å². The van der Waals surface area contributed by atoms with Gasteiger partial charge in [0.1, 0.15) is 0 Å². The quantitative estimate of drug-likeness (QED) is 0.629. The highest BCUT2D eigenvalue weighted by Gasteiger charge is 2.02. The van der Waals surface area contributed by atoms with Crippen molar-refractivity contribution in [3.63, 3.8) is 0 Å². The first kappa shape index (κ1) is 12.0. The Morgan fingerprint density at radius 3 is 2.53 bits per heavy atom. The average molecular weight is 225 g/mol. The summed E-state index contributed by atoms with van der Waals surface area (Å²) in [5.41, 5.74) is 0. The topological polar surface area (TPSA) is 27.6 Å². The van der Waals surface area contributed by atoms with Gasteiger partial charge in [0, 0.05) is 30.9 Å². The van der Waals surface area contributed by atoms with E-state index >= 15 is 0 Å². The highest BCUT2D eigenvalue weighted by atomic mass is 32.1. The first-order valence-electron chi connectivity index (χ1n) is 5.13. The molecule has 0 spiro atoms. The molecular formula is C11H19N3S. The van der Waals surface area contributed by atoms with Gasteiger partial charge < -0.3 is 10.2 Å². The van der Waals surface area contributed by atoms with Gasteiger partial charge in [0.2, 0.25) is 0 Å². The van der Waals surface area contributed by atoms with Crippen molar-refractivity contribution in [3.8, 4) is 0 Å². The molecule has 4 heteroatoms. The summed E-state index contributed by atoms with van der Waals surface area (Å²) < 4.78 is 0. The molecule has 0 unspecified atom stereocenters. The molecule has 0 aliphatic carbocycles. The van der Waals surface area contributed by atoms with Crippen LogP contribution >= 0.6 is 11.3 Å². The lowest BCUT2D eigenvalue weighted by molar-refractivity contribution is 0.583. The second kappa shape index (κ2) is 5.75. The van der Waals surface area contributed by atoms with E-state index in [0.717, 1.165) is 18.9 Å². The molecule has 3 nitrogen and oxygen atoms in total. The van der Waals surface area contributed by atoms with Gasteiger partial charge in [0.05, 0.1) is 6.54 Å². The lowest BCUT2D eigenvalue weighted by atomic mass is 10.4. The molecule has 0 aromatic carbocycles. The van der Waals surface area contributed by atoms with Crippen LogP contribution in [0.25, 0.3) is 0 Å². The van der Waals surface area contributed by atoms with Gasteiger partial charge in [-0.3, -0.25) is 4.99 Å². The van der Waals surface area contributed by atoms with E-state index in [-0.39, 0.29) is 0 Å². The fraction of sp³-hybridized carbons (Fsp3) is 0.545. The van der Waals surface area contributed by atoms with Crippen LogP contribution < -0.4 is 5.32 Å². The summed E-state index contributed by atoms with van der Waals surface area (Å²) >= 11 is 1.86. The number of nitrogens with one attached hydrogen (secondary N) is 1. The largest absolute Gasteiger partial charge is 0.351 e. The summed E-state index contributed by atoms with van der Waals surface area (Å²) in [5.74, 6) is 0.918. The number of nitrogens with zero attached hydrogens (tertiary/aromatic N) is 2. The maximum absolute atomic E-state index is 4.17. The second-order valence-corrected chi connectivity index (χ2v) is 4.77. The Kier molecular flexibility index (Phi) is 4.62. The number of aryl methyl sites for hydroxylation is 1. The molecule has 84 valence electrons. The van der Waals surface area contributed by atoms with Crippen molar-refractivity contribution >= 4 is 17.3 Å². The Hall–Kier alpha value is -1.03. The fourth-order valence-corrected chi connectivity index (χ4v) is 2.21. The first-order chi connectivity index (χ1) is 7.17. The smallest absolute Gasteiger partial charge is 0.193 e. The minimum atomic E-state index is 0.857. The van der Waals surface area contributed by atoms with E-state index in [1.807, 2.05) is 30.3 Å². The van der Waals surface area contributed by atoms with Gasteiger partial charge in [-0.1, -0.05) is 6.92 Å². The normalized spacial score (nSPS) is 11.6. The molecule has 0 aliphatic rings. The molecule has 0 bridgehead atoms. The molecule has 1 rings (SSSR count). The highest BCUT2D eigenvalue weighted by molar-refractivity contribution is 7.11. The number of guanidine groups is 1. The molecule has 1 heterocycles. The maximum atomic E-state index is 4.17. The van der Waals surface area contributed by atoms with Crippen LogP contribution in [-0.4, -0.2) is 32.0 Å². The van der Waals surface area contributed by atoms with Crippen LogP contribution in [0.3, 0.4) is 0 Å². The van der Waals surface area contributed by atoms with Gasteiger partial charge >= 0.3 is 0 Å². The third-order valence-corrected chi connectivity index (χ3v) is 3.35. The molecule has 0 saturated heterocycles. The standard InChI is InChI=1S/C11H19N3S/c1-5-9-6-7-10(15-9)8-13-11(12-2)14(3)4/h6-7H,5,8H2,1-4H3,(H,12,13). The Morgan fingerprint density at radius 2 is 2.07 bits per heavy atom. The summed E-state index contributed by atoms with van der Waals surface area (Å²) in [6.45, 7) is 3.04.